The van der Waals surface area contributed by atoms with Gasteiger partial charge in [-0.05, 0) is 44.9 Å². The Bertz CT molecular complexity index is 947. The van der Waals surface area contributed by atoms with Crippen molar-refractivity contribution < 1.29 is 28.6 Å². The van der Waals surface area contributed by atoms with Crippen molar-refractivity contribution in [3.05, 3.63) is 12.2 Å². The number of hydrogen-bond acceptors (Lipinski definition) is 6. The third-order valence-corrected chi connectivity index (χ3v) is 12.3. The zero-order valence-corrected chi connectivity index (χ0v) is 41.2. The summed E-state index contributed by atoms with van der Waals surface area (Å²) in [6.45, 7) is 6.65. The Labute approximate surface area is 380 Å². The van der Waals surface area contributed by atoms with E-state index in [0.29, 0.717) is 19.3 Å². The van der Waals surface area contributed by atoms with Crippen LogP contribution in [-0.4, -0.2) is 37.2 Å². The summed E-state index contributed by atoms with van der Waals surface area (Å²) in [7, 11) is 0. The van der Waals surface area contributed by atoms with Crippen molar-refractivity contribution in [3.63, 3.8) is 0 Å². The van der Waals surface area contributed by atoms with Gasteiger partial charge in [0, 0.05) is 19.3 Å². The number of carbonyl (C=O) groups excluding carboxylic acids is 3. The summed E-state index contributed by atoms with van der Waals surface area (Å²) in [6.07, 6.45) is 56.4. The van der Waals surface area contributed by atoms with Gasteiger partial charge in [-0.2, -0.15) is 0 Å². The lowest BCUT2D eigenvalue weighted by atomic mass is 10.0. The summed E-state index contributed by atoms with van der Waals surface area (Å²) < 4.78 is 16.8. The standard InChI is InChI=1S/C55H104O6/c1-4-7-10-13-16-19-21-23-25-26-27-28-29-30-31-33-34-36-39-42-45-48-54(57)60-51-52(50-59-53(56)47-44-41-38-18-15-12-9-6-3)61-55(58)49-46-43-40-37-35-32-24-22-20-17-14-11-8-5-2/h26-27,52H,4-25,28-51H2,1-3H3/b27-26-. The second kappa shape index (κ2) is 50.8. The highest BCUT2D eigenvalue weighted by Gasteiger charge is 2.19. The van der Waals surface area contributed by atoms with Crippen molar-refractivity contribution >= 4 is 17.9 Å². The molecule has 6 heteroatoms. The Balaban J connectivity index is 4.18. The summed E-state index contributed by atoms with van der Waals surface area (Å²) >= 11 is 0. The third-order valence-electron chi connectivity index (χ3n) is 12.3. The molecule has 0 spiro atoms. The van der Waals surface area contributed by atoms with Gasteiger partial charge in [0.2, 0.25) is 0 Å². The second-order valence-electron chi connectivity index (χ2n) is 18.5. The Morgan fingerprint density at radius 3 is 0.820 bits per heavy atom. The molecule has 61 heavy (non-hydrogen) atoms. The number of hydrogen-bond donors (Lipinski definition) is 0. The molecule has 0 N–H and O–H groups in total. The van der Waals surface area contributed by atoms with Crippen molar-refractivity contribution in [1.29, 1.82) is 0 Å². The molecular formula is C55H104O6. The molecular weight excluding hydrogens is 757 g/mol. The van der Waals surface area contributed by atoms with Gasteiger partial charge in [-0.3, -0.25) is 14.4 Å². The first-order valence-corrected chi connectivity index (χ1v) is 27.2. The van der Waals surface area contributed by atoms with Crippen molar-refractivity contribution in [2.24, 2.45) is 0 Å². The van der Waals surface area contributed by atoms with Crippen LogP contribution in [0.5, 0.6) is 0 Å². The Kier molecular flexibility index (Phi) is 49.3. The van der Waals surface area contributed by atoms with E-state index >= 15 is 0 Å². The van der Waals surface area contributed by atoms with E-state index in [2.05, 4.69) is 32.9 Å². The molecule has 0 fully saturated rings. The zero-order chi connectivity index (χ0) is 44.4. The van der Waals surface area contributed by atoms with E-state index in [1.165, 1.54) is 205 Å². The average Bonchev–Trinajstić information content (AvgIpc) is 3.26. The monoisotopic (exact) mass is 861 g/mol. The molecule has 1 atom stereocenters. The Morgan fingerprint density at radius 1 is 0.311 bits per heavy atom. The van der Waals surface area contributed by atoms with Crippen molar-refractivity contribution in [2.45, 2.75) is 309 Å². The van der Waals surface area contributed by atoms with E-state index in [1.807, 2.05) is 0 Å². The first-order valence-electron chi connectivity index (χ1n) is 27.2. The molecule has 0 aromatic carbocycles. The van der Waals surface area contributed by atoms with Crippen LogP contribution in [0, 0.1) is 0 Å². The van der Waals surface area contributed by atoms with Crippen LogP contribution in [0.3, 0.4) is 0 Å². The van der Waals surface area contributed by atoms with E-state index < -0.39 is 6.10 Å². The predicted molar refractivity (Wildman–Crippen MR) is 261 cm³/mol. The molecule has 6 nitrogen and oxygen atoms in total. The number of allylic oxidation sites excluding steroid dienone is 2. The molecule has 0 radical (unpaired) electrons. The minimum atomic E-state index is -0.763. The lowest BCUT2D eigenvalue weighted by molar-refractivity contribution is -0.167. The molecule has 0 aromatic rings. The highest BCUT2D eigenvalue weighted by Crippen LogP contribution is 2.16. The van der Waals surface area contributed by atoms with Gasteiger partial charge in [-0.15, -0.1) is 0 Å². The van der Waals surface area contributed by atoms with E-state index in [0.717, 1.165) is 57.8 Å². The molecule has 0 aliphatic carbocycles. The van der Waals surface area contributed by atoms with Crippen LogP contribution < -0.4 is 0 Å². The largest absolute Gasteiger partial charge is 0.462 e. The van der Waals surface area contributed by atoms with E-state index in [-0.39, 0.29) is 31.1 Å². The van der Waals surface area contributed by atoms with E-state index in [9.17, 15) is 14.4 Å². The van der Waals surface area contributed by atoms with Gasteiger partial charge in [0.15, 0.2) is 6.10 Å². The second-order valence-corrected chi connectivity index (χ2v) is 18.5. The van der Waals surface area contributed by atoms with Crippen molar-refractivity contribution in [2.75, 3.05) is 13.2 Å². The van der Waals surface area contributed by atoms with Crippen LogP contribution in [0.1, 0.15) is 303 Å². The fraction of sp³-hybridized carbons (Fsp3) is 0.909. The summed E-state index contributed by atoms with van der Waals surface area (Å²) in [5, 5.41) is 0. The predicted octanol–water partition coefficient (Wildman–Crippen LogP) is 17.8. The smallest absolute Gasteiger partial charge is 0.306 e. The van der Waals surface area contributed by atoms with Crippen molar-refractivity contribution in [1.82, 2.24) is 0 Å². The van der Waals surface area contributed by atoms with Gasteiger partial charge in [0.25, 0.3) is 0 Å². The normalized spacial score (nSPS) is 12.0. The first-order chi connectivity index (χ1) is 30.0. The van der Waals surface area contributed by atoms with Crippen LogP contribution in [0.4, 0.5) is 0 Å². The molecule has 1 unspecified atom stereocenters. The van der Waals surface area contributed by atoms with Crippen molar-refractivity contribution in [3.8, 4) is 0 Å². The molecule has 0 aliphatic rings. The van der Waals surface area contributed by atoms with E-state index in [4.69, 9.17) is 14.2 Å². The summed E-state index contributed by atoms with van der Waals surface area (Å²) in [5.41, 5.74) is 0. The fourth-order valence-corrected chi connectivity index (χ4v) is 8.14. The van der Waals surface area contributed by atoms with Gasteiger partial charge in [-0.1, -0.05) is 251 Å². The number of ether oxygens (including phenoxy) is 3. The van der Waals surface area contributed by atoms with Gasteiger partial charge >= 0.3 is 17.9 Å². The number of unbranched alkanes of at least 4 members (excludes halogenated alkanes) is 37. The van der Waals surface area contributed by atoms with Gasteiger partial charge in [0.1, 0.15) is 13.2 Å². The SMILES string of the molecule is CCCCCCCCCC/C=C\CCCCCCCCCCCC(=O)OCC(COC(=O)CCCCCCCCCC)OC(=O)CCCCCCCCCCCCCCCC. The molecule has 360 valence electrons. The molecule has 0 aliphatic heterocycles. The molecule has 0 rings (SSSR count). The van der Waals surface area contributed by atoms with Gasteiger partial charge in [0.05, 0.1) is 0 Å². The maximum absolute atomic E-state index is 12.8. The summed E-state index contributed by atoms with van der Waals surface area (Å²) in [5.74, 6) is -0.854. The van der Waals surface area contributed by atoms with Crippen LogP contribution in [-0.2, 0) is 28.6 Å². The molecule has 0 aromatic heterocycles. The fourth-order valence-electron chi connectivity index (χ4n) is 8.14. The number of carbonyl (C=O) groups is 3. The molecule has 0 saturated carbocycles. The number of esters is 3. The Hall–Kier alpha value is -1.85. The minimum Gasteiger partial charge on any atom is -0.462 e. The topological polar surface area (TPSA) is 78.9 Å². The van der Waals surface area contributed by atoms with Crippen LogP contribution in [0.25, 0.3) is 0 Å². The lowest BCUT2D eigenvalue weighted by Crippen LogP contribution is -2.30. The van der Waals surface area contributed by atoms with Crippen LogP contribution >= 0.6 is 0 Å². The minimum absolute atomic E-state index is 0.0658. The zero-order valence-electron chi connectivity index (χ0n) is 41.2. The summed E-state index contributed by atoms with van der Waals surface area (Å²) in [4.78, 5) is 37.9. The maximum atomic E-state index is 12.8. The van der Waals surface area contributed by atoms with Crippen LogP contribution in [0.2, 0.25) is 0 Å². The Morgan fingerprint density at radius 2 is 0.541 bits per heavy atom. The number of rotatable bonds is 50. The molecule has 0 bridgehead atoms. The first kappa shape index (κ1) is 59.1. The molecule has 0 saturated heterocycles. The third kappa shape index (κ3) is 49.0. The maximum Gasteiger partial charge on any atom is 0.306 e. The quantitative estimate of drug-likeness (QED) is 0.0262. The molecule has 0 heterocycles. The van der Waals surface area contributed by atoms with E-state index in [1.54, 1.807) is 0 Å². The molecule has 0 amide bonds. The highest BCUT2D eigenvalue weighted by atomic mass is 16.6. The lowest BCUT2D eigenvalue weighted by Gasteiger charge is -2.18. The van der Waals surface area contributed by atoms with Crippen LogP contribution in [0.15, 0.2) is 12.2 Å². The van der Waals surface area contributed by atoms with Gasteiger partial charge < -0.3 is 14.2 Å². The highest BCUT2D eigenvalue weighted by molar-refractivity contribution is 5.71. The van der Waals surface area contributed by atoms with Gasteiger partial charge in [-0.25, -0.2) is 0 Å². The average molecular weight is 861 g/mol. The summed E-state index contributed by atoms with van der Waals surface area (Å²) in [6, 6.07) is 0.